The van der Waals surface area contributed by atoms with Gasteiger partial charge in [-0.05, 0) is 24.6 Å². The first kappa shape index (κ1) is 17.5. The number of hydrogen-bond acceptors (Lipinski definition) is 8. The zero-order chi connectivity index (χ0) is 18.6. The molecule has 8 heteroatoms. The highest BCUT2D eigenvalue weighted by molar-refractivity contribution is 5.55. The average Bonchev–Trinajstić information content (AvgIpc) is 3.24. The molecule has 0 amide bonds. The summed E-state index contributed by atoms with van der Waals surface area (Å²) in [4.78, 5) is 20.2. The number of nitriles is 1. The van der Waals surface area contributed by atoms with Crippen LogP contribution in [0.1, 0.15) is 12.0 Å². The molecule has 27 heavy (non-hydrogen) atoms. The Hall–Kier alpha value is -2.92. The molecule has 8 nitrogen and oxygen atoms in total. The van der Waals surface area contributed by atoms with Gasteiger partial charge in [0.25, 0.3) is 0 Å². The van der Waals surface area contributed by atoms with Crippen LogP contribution >= 0.6 is 0 Å². The molecule has 2 aliphatic heterocycles. The predicted octanol–water partition coefficient (Wildman–Crippen LogP) is 1.29. The van der Waals surface area contributed by atoms with Crippen molar-refractivity contribution >= 4 is 17.6 Å². The minimum atomic E-state index is 0.311. The third-order valence-electron chi connectivity index (χ3n) is 5.20. The van der Waals surface area contributed by atoms with Crippen LogP contribution in [0, 0.1) is 11.3 Å². The number of likely N-dealkylation sites (N-methyl/N-ethyl adjacent to an activating group) is 1. The SMILES string of the molecule is CN(c1ccnc(N2CCOCC2)n1)C1CCN(c2ncccc2C#N)C1. The molecule has 1 unspecified atom stereocenters. The monoisotopic (exact) mass is 365 g/mol. The highest BCUT2D eigenvalue weighted by Crippen LogP contribution is 2.26. The van der Waals surface area contributed by atoms with Gasteiger partial charge in [-0.25, -0.2) is 9.97 Å². The summed E-state index contributed by atoms with van der Waals surface area (Å²) in [5.41, 5.74) is 0.623. The van der Waals surface area contributed by atoms with E-state index in [4.69, 9.17) is 9.72 Å². The molecule has 0 N–H and O–H groups in total. The van der Waals surface area contributed by atoms with Crippen molar-refractivity contribution in [3.05, 3.63) is 36.2 Å². The molecular weight excluding hydrogens is 342 g/mol. The zero-order valence-electron chi connectivity index (χ0n) is 15.5. The lowest BCUT2D eigenvalue weighted by Crippen LogP contribution is -2.38. The Labute approximate surface area is 159 Å². The molecule has 0 spiro atoms. The molecule has 0 saturated carbocycles. The molecule has 2 aromatic rings. The summed E-state index contributed by atoms with van der Waals surface area (Å²) in [6.45, 7) is 4.77. The van der Waals surface area contributed by atoms with E-state index in [-0.39, 0.29) is 0 Å². The van der Waals surface area contributed by atoms with Crippen LogP contribution < -0.4 is 14.7 Å². The van der Waals surface area contributed by atoms with E-state index in [1.165, 1.54) is 0 Å². The lowest BCUT2D eigenvalue weighted by Gasteiger charge is -2.29. The van der Waals surface area contributed by atoms with Gasteiger partial charge in [-0.2, -0.15) is 10.2 Å². The molecule has 2 aliphatic rings. The minimum Gasteiger partial charge on any atom is -0.378 e. The summed E-state index contributed by atoms with van der Waals surface area (Å²) in [6, 6.07) is 8.12. The predicted molar refractivity (Wildman–Crippen MR) is 103 cm³/mol. The molecular formula is C19H23N7O. The van der Waals surface area contributed by atoms with Gasteiger partial charge in [0.05, 0.1) is 18.8 Å². The fraction of sp³-hybridized carbons (Fsp3) is 0.474. The largest absolute Gasteiger partial charge is 0.378 e. The summed E-state index contributed by atoms with van der Waals surface area (Å²) in [7, 11) is 2.07. The van der Waals surface area contributed by atoms with Crippen molar-refractivity contribution in [2.45, 2.75) is 12.5 Å². The summed E-state index contributed by atoms with van der Waals surface area (Å²) in [6.07, 6.45) is 4.56. The van der Waals surface area contributed by atoms with Gasteiger partial charge in [0.15, 0.2) is 0 Å². The molecule has 4 heterocycles. The first-order valence-corrected chi connectivity index (χ1v) is 9.25. The standard InChI is InChI=1S/C19H23N7O/c1-24(17-4-7-22-19(23-17)25-9-11-27-12-10-25)16-5-8-26(14-16)18-15(13-20)3-2-6-21-18/h2-4,6-7,16H,5,8-12,14H2,1H3. The molecule has 2 aromatic heterocycles. The van der Waals surface area contributed by atoms with Crippen molar-refractivity contribution in [2.24, 2.45) is 0 Å². The second-order valence-electron chi connectivity index (χ2n) is 6.80. The second kappa shape index (κ2) is 7.76. The molecule has 0 aliphatic carbocycles. The topological polar surface area (TPSA) is 81.4 Å². The molecule has 0 aromatic carbocycles. The Morgan fingerprint density at radius 1 is 1.15 bits per heavy atom. The van der Waals surface area contributed by atoms with E-state index in [0.29, 0.717) is 24.8 Å². The van der Waals surface area contributed by atoms with Gasteiger partial charge >= 0.3 is 0 Å². The summed E-state index contributed by atoms with van der Waals surface area (Å²) < 4.78 is 5.41. The number of aromatic nitrogens is 3. The molecule has 2 fully saturated rings. The van der Waals surface area contributed by atoms with E-state index in [1.54, 1.807) is 12.3 Å². The summed E-state index contributed by atoms with van der Waals surface area (Å²) in [5, 5.41) is 9.33. The van der Waals surface area contributed by atoms with Crippen molar-refractivity contribution in [3.8, 4) is 6.07 Å². The fourth-order valence-electron chi connectivity index (χ4n) is 3.62. The molecule has 1 atom stereocenters. The number of hydrogen-bond donors (Lipinski definition) is 0. The number of ether oxygens (including phenoxy) is 1. The Balaban J connectivity index is 1.47. The molecule has 0 radical (unpaired) electrons. The average molecular weight is 365 g/mol. The Morgan fingerprint density at radius 2 is 2.00 bits per heavy atom. The van der Waals surface area contributed by atoms with E-state index in [1.807, 2.05) is 18.3 Å². The Morgan fingerprint density at radius 3 is 2.81 bits per heavy atom. The van der Waals surface area contributed by atoms with E-state index in [2.05, 4.69) is 37.8 Å². The van der Waals surface area contributed by atoms with Crippen molar-refractivity contribution in [1.29, 1.82) is 5.26 Å². The van der Waals surface area contributed by atoms with Crippen LogP contribution in [0.5, 0.6) is 0 Å². The van der Waals surface area contributed by atoms with Crippen LogP contribution in [-0.4, -0.2) is 67.4 Å². The first-order chi connectivity index (χ1) is 13.3. The van der Waals surface area contributed by atoms with E-state index < -0.39 is 0 Å². The number of morpholine rings is 1. The van der Waals surface area contributed by atoms with E-state index in [0.717, 1.165) is 50.2 Å². The van der Waals surface area contributed by atoms with Crippen LogP contribution in [0.3, 0.4) is 0 Å². The summed E-state index contributed by atoms with van der Waals surface area (Å²) >= 11 is 0. The first-order valence-electron chi connectivity index (χ1n) is 9.25. The highest BCUT2D eigenvalue weighted by Gasteiger charge is 2.29. The van der Waals surface area contributed by atoms with Crippen LogP contribution in [0.2, 0.25) is 0 Å². The minimum absolute atomic E-state index is 0.311. The smallest absolute Gasteiger partial charge is 0.227 e. The van der Waals surface area contributed by atoms with Crippen molar-refractivity contribution in [3.63, 3.8) is 0 Å². The van der Waals surface area contributed by atoms with Gasteiger partial charge in [-0.3, -0.25) is 0 Å². The van der Waals surface area contributed by atoms with Gasteiger partial charge in [0, 0.05) is 51.7 Å². The third-order valence-corrected chi connectivity index (χ3v) is 5.20. The molecule has 0 bridgehead atoms. The lowest BCUT2D eigenvalue weighted by atomic mass is 10.2. The fourth-order valence-corrected chi connectivity index (χ4v) is 3.62. The second-order valence-corrected chi connectivity index (χ2v) is 6.80. The van der Waals surface area contributed by atoms with Gasteiger partial charge in [0.2, 0.25) is 5.95 Å². The number of anilines is 3. The van der Waals surface area contributed by atoms with Crippen LogP contribution in [0.25, 0.3) is 0 Å². The van der Waals surface area contributed by atoms with Gasteiger partial charge in [0.1, 0.15) is 17.7 Å². The van der Waals surface area contributed by atoms with Crippen LogP contribution in [-0.2, 0) is 4.74 Å². The zero-order valence-corrected chi connectivity index (χ0v) is 15.5. The normalized spacial score (nSPS) is 19.8. The van der Waals surface area contributed by atoms with Crippen molar-refractivity contribution in [2.75, 3.05) is 61.1 Å². The number of nitrogens with zero attached hydrogens (tertiary/aromatic N) is 7. The molecule has 4 rings (SSSR count). The Kier molecular flexibility index (Phi) is 5.03. The van der Waals surface area contributed by atoms with E-state index in [9.17, 15) is 5.26 Å². The molecule has 140 valence electrons. The maximum Gasteiger partial charge on any atom is 0.227 e. The van der Waals surface area contributed by atoms with Gasteiger partial charge in [-0.15, -0.1) is 0 Å². The molecule has 2 saturated heterocycles. The van der Waals surface area contributed by atoms with Crippen LogP contribution in [0.4, 0.5) is 17.6 Å². The number of pyridine rings is 1. The third kappa shape index (κ3) is 3.64. The maximum atomic E-state index is 9.33. The van der Waals surface area contributed by atoms with E-state index >= 15 is 0 Å². The van der Waals surface area contributed by atoms with Crippen molar-refractivity contribution < 1.29 is 4.74 Å². The van der Waals surface area contributed by atoms with Gasteiger partial charge in [-0.1, -0.05) is 0 Å². The Bertz CT molecular complexity index is 831. The van der Waals surface area contributed by atoms with Crippen molar-refractivity contribution in [1.82, 2.24) is 15.0 Å². The van der Waals surface area contributed by atoms with Crippen LogP contribution in [0.15, 0.2) is 30.6 Å². The quantitative estimate of drug-likeness (QED) is 0.802. The maximum absolute atomic E-state index is 9.33. The number of rotatable bonds is 4. The highest BCUT2D eigenvalue weighted by atomic mass is 16.5. The van der Waals surface area contributed by atoms with Gasteiger partial charge < -0.3 is 19.4 Å². The summed E-state index contributed by atoms with van der Waals surface area (Å²) in [5.74, 6) is 2.45. The lowest BCUT2D eigenvalue weighted by molar-refractivity contribution is 0.122.